The highest BCUT2D eigenvalue weighted by molar-refractivity contribution is 5.59. The van der Waals surface area contributed by atoms with Crippen LogP contribution in [0, 0.1) is 0 Å². The van der Waals surface area contributed by atoms with Crippen molar-refractivity contribution in [2.75, 3.05) is 0 Å². The molecular formula is C18H20N4. The molecule has 1 aromatic carbocycles. The van der Waals surface area contributed by atoms with Gasteiger partial charge in [0.2, 0.25) is 0 Å². The molecule has 4 nitrogen and oxygen atoms in total. The molecule has 0 unspecified atom stereocenters. The number of aromatic nitrogens is 3. The van der Waals surface area contributed by atoms with E-state index in [-0.39, 0.29) is 0 Å². The lowest BCUT2D eigenvalue weighted by atomic mass is 10.1. The summed E-state index contributed by atoms with van der Waals surface area (Å²) in [6.45, 7) is 4.67. The maximum absolute atomic E-state index is 4.40. The number of nitrogens with one attached hydrogen (secondary N) is 1. The van der Waals surface area contributed by atoms with Gasteiger partial charge in [-0.3, -0.25) is 4.98 Å². The van der Waals surface area contributed by atoms with Crippen LogP contribution in [0.5, 0.6) is 0 Å². The Kier molecular flexibility index (Phi) is 4.61. The summed E-state index contributed by atoms with van der Waals surface area (Å²) in [6.07, 6.45) is 5.69. The summed E-state index contributed by atoms with van der Waals surface area (Å²) < 4.78 is 2.15. The quantitative estimate of drug-likeness (QED) is 0.758. The average molecular weight is 292 g/mol. The van der Waals surface area contributed by atoms with Gasteiger partial charge < -0.3 is 9.88 Å². The van der Waals surface area contributed by atoms with Gasteiger partial charge in [0.25, 0.3) is 0 Å². The minimum Gasteiger partial charge on any atom is -0.334 e. The number of rotatable bonds is 6. The minimum absolute atomic E-state index is 0.772. The van der Waals surface area contributed by atoms with Gasteiger partial charge in [-0.1, -0.05) is 24.3 Å². The molecule has 3 aromatic rings. The van der Waals surface area contributed by atoms with Crippen LogP contribution in [0.2, 0.25) is 0 Å². The van der Waals surface area contributed by atoms with Gasteiger partial charge in [0.05, 0.1) is 12.2 Å². The Morgan fingerprint density at radius 1 is 1.00 bits per heavy atom. The standard InChI is InChI=1S/C18H20N4/c1-2-22-11-10-21-18(22)14-19-13-15-6-5-7-16(12-15)17-8-3-4-9-20-17/h3-12,19H,2,13-14H2,1H3. The number of benzene rings is 1. The molecule has 1 N–H and O–H groups in total. The van der Waals surface area contributed by atoms with Crippen molar-refractivity contribution in [1.82, 2.24) is 19.9 Å². The summed E-state index contributed by atoms with van der Waals surface area (Å²) in [5.41, 5.74) is 3.40. The summed E-state index contributed by atoms with van der Waals surface area (Å²) in [5.74, 6) is 1.07. The maximum atomic E-state index is 4.40. The molecule has 2 heterocycles. The monoisotopic (exact) mass is 292 g/mol. The van der Waals surface area contributed by atoms with Crippen molar-refractivity contribution < 1.29 is 0 Å². The summed E-state index contributed by atoms with van der Waals surface area (Å²) in [7, 11) is 0. The van der Waals surface area contributed by atoms with E-state index in [0.29, 0.717) is 0 Å². The molecule has 2 aromatic heterocycles. The summed E-state index contributed by atoms with van der Waals surface area (Å²) >= 11 is 0. The van der Waals surface area contributed by atoms with E-state index < -0.39 is 0 Å². The molecule has 0 fully saturated rings. The SMILES string of the molecule is CCn1ccnc1CNCc1cccc(-c2ccccn2)c1. The van der Waals surface area contributed by atoms with E-state index >= 15 is 0 Å². The van der Waals surface area contributed by atoms with Crippen molar-refractivity contribution in [3.8, 4) is 11.3 Å². The molecule has 22 heavy (non-hydrogen) atoms. The van der Waals surface area contributed by atoms with Crippen LogP contribution >= 0.6 is 0 Å². The first-order valence-electron chi connectivity index (χ1n) is 7.58. The maximum Gasteiger partial charge on any atom is 0.122 e. The molecule has 0 spiro atoms. The normalized spacial score (nSPS) is 10.8. The fourth-order valence-electron chi connectivity index (χ4n) is 2.49. The van der Waals surface area contributed by atoms with Crippen molar-refractivity contribution in [2.24, 2.45) is 0 Å². The molecule has 0 atom stereocenters. The van der Waals surface area contributed by atoms with Gasteiger partial charge in [-0.2, -0.15) is 0 Å². The molecule has 112 valence electrons. The van der Waals surface area contributed by atoms with E-state index in [1.54, 1.807) is 0 Å². The lowest BCUT2D eigenvalue weighted by molar-refractivity contribution is 0.613. The molecular weight excluding hydrogens is 272 g/mol. The second kappa shape index (κ2) is 7.00. The third-order valence-electron chi connectivity index (χ3n) is 3.64. The summed E-state index contributed by atoms with van der Waals surface area (Å²) in [4.78, 5) is 8.77. The van der Waals surface area contributed by atoms with Crippen LogP contribution in [0.15, 0.2) is 61.1 Å². The molecule has 0 bridgehead atoms. The van der Waals surface area contributed by atoms with Crippen molar-refractivity contribution in [2.45, 2.75) is 26.6 Å². The van der Waals surface area contributed by atoms with Crippen molar-refractivity contribution in [1.29, 1.82) is 0 Å². The van der Waals surface area contributed by atoms with E-state index in [1.165, 1.54) is 5.56 Å². The van der Waals surface area contributed by atoms with Crippen LogP contribution in [-0.4, -0.2) is 14.5 Å². The highest BCUT2D eigenvalue weighted by Gasteiger charge is 2.02. The molecule has 0 aliphatic rings. The van der Waals surface area contributed by atoms with Gasteiger partial charge in [0, 0.05) is 37.2 Å². The molecule has 0 amide bonds. The Bertz CT molecular complexity index is 719. The number of pyridine rings is 1. The van der Waals surface area contributed by atoms with E-state index in [4.69, 9.17) is 0 Å². The topological polar surface area (TPSA) is 42.7 Å². The second-order valence-electron chi connectivity index (χ2n) is 5.15. The molecule has 3 rings (SSSR count). The Labute approximate surface area is 130 Å². The van der Waals surface area contributed by atoms with Gasteiger partial charge in [-0.05, 0) is 30.7 Å². The third-order valence-corrected chi connectivity index (χ3v) is 3.64. The van der Waals surface area contributed by atoms with E-state index in [0.717, 1.165) is 36.7 Å². The van der Waals surface area contributed by atoms with Crippen molar-refractivity contribution >= 4 is 0 Å². The number of imidazole rings is 1. The fraction of sp³-hybridized carbons (Fsp3) is 0.222. The zero-order valence-electron chi connectivity index (χ0n) is 12.7. The van der Waals surface area contributed by atoms with Gasteiger partial charge >= 0.3 is 0 Å². The van der Waals surface area contributed by atoms with Crippen LogP contribution in [0.4, 0.5) is 0 Å². The van der Waals surface area contributed by atoms with E-state index in [9.17, 15) is 0 Å². The number of aryl methyl sites for hydroxylation is 1. The first kappa shape index (κ1) is 14.5. The summed E-state index contributed by atoms with van der Waals surface area (Å²) in [6, 6.07) is 14.5. The van der Waals surface area contributed by atoms with Crippen LogP contribution in [0.1, 0.15) is 18.3 Å². The van der Waals surface area contributed by atoms with E-state index in [2.05, 4.69) is 51.0 Å². The van der Waals surface area contributed by atoms with Crippen molar-refractivity contribution in [3.63, 3.8) is 0 Å². The van der Waals surface area contributed by atoms with Crippen molar-refractivity contribution in [3.05, 3.63) is 72.4 Å². The second-order valence-corrected chi connectivity index (χ2v) is 5.15. The van der Waals surface area contributed by atoms with Crippen LogP contribution in [0.3, 0.4) is 0 Å². The first-order valence-corrected chi connectivity index (χ1v) is 7.58. The molecule has 0 saturated heterocycles. The van der Waals surface area contributed by atoms with Gasteiger partial charge in [-0.25, -0.2) is 4.98 Å². The predicted molar refractivity (Wildman–Crippen MR) is 88.1 cm³/mol. The Balaban J connectivity index is 1.64. The molecule has 4 heteroatoms. The van der Waals surface area contributed by atoms with Gasteiger partial charge in [0.1, 0.15) is 5.82 Å². The highest BCUT2D eigenvalue weighted by Crippen LogP contribution is 2.17. The number of hydrogen-bond acceptors (Lipinski definition) is 3. The smallest absolute Gasteiger partial charge is 0.122 e. The molecule has 0 aliphatic carbocycles. The number of nitrogens with zero attached hydrogens (tertiary/aromatic N) is 3. The van der Waals surface area contributed by atoms with Crippen LogP contribution in [-0.2, 0) is 19.6 Å². The molecule has 0 saturated carbocycles. The molecule has 0 aliphatic heterocycles. The van der Waals surface area contributed by atoms with E-state index in [1.807, 2.05) is 36.8 Å². The lowest BCUT2D eigenvalue weighted by Gasteiger charge is -2.08. The predicted octanol–water partition coefficient (Wildman–Crippen LogP) is 3.25. The van der Waals surface area contributed by atoms with Crippen LogP contribution < -0.4 is 5.32 Å². The highest BCUT2D eigenvalue weighted by atomic mass is 15.1. The Morgan fingerprint density at radius 3 is 2.77 bits per heavy atom. The van der Waals surface area contributed by atoms with Crippen LogP contribution in [0.25, 0.3) is 11.3 Å². The lowest BCUT2D eigenvalue weighted by Crippen LogP contribution is -2.16. The first-order chi connectivity index (χ1) is 10.9. The number of hydrogen-bond donors (Lipinski definition) is 1. The minimum atomic E-state index is 0.772. The zero-order valence-corrected chi connectivity index (χ0v) is 12.7. The average Bonchev–Trinajstić information content (AvgIpc) is 3.03. The molecule has 0 radical (unpaired) electrons. The summed E-state index contributed by atoms with van der Waals surface area (Å²) in [5, 5.41) is 3.45. The Morgan fingerprint density at radius 2 is 1.95 bits per heavy atom. The Hall–Kier alpha value is -2.46. The largest absolute Gasteiger partial charge is 0.334 e. The van der Waals surface area contributed by atoms with Gasteiger partial charge in [-0.15, -0.1) is 0 Å². The van der Waals surface area contributed by atoms with Gasteiger partial charge in [0.15, 0.2) is 0 Å². The third kappa shape index (κ3) is 3.40. The fourth-order valence-corrected chi connectivity index (χ4v) is 2.49. The zero-order chi connectivity index (χ0) is 15.2.